The fourth-order valence-corrected chi connectivity index (χ4v) is 0.626. The number of carbonyl (C=O) groups is 1. The van der Waals surface area contributed by atoms with Gasteiger partial charge in [-0.15, -0.1) is 0 Å². The summed E-state index contributed by atoms with van der Waals surface area (Å²) in [6, 6.07) is 0. The van der Waals surface area contributed by atoms with Gasteiger partial charge in [0.2, 0.25) is 0 Å². The summed E-state index contributed by atoms with van der Waals surface area (Å²) in [5.41, 5.74) is 0.265. The Hall–Kier alpha value is -1.03. The SMILES string of the molecule is O=C([O-])C1=CNCNC1. The van der Waals surface area contributed by atoms with E-state index in [1.165, 1.54) is 6.20 Å². The number of carbonyl (C=O) groups excluding carboxylic acids is 1. The molecule has 0 atom stereocenters. The average molecular weight is 127 g/mol. The monoisotopic (exact) mass is 127 g/mol. The minimum absolute atomic E-state index is 0.265. The summed E-state index contributed by atoms with van der Waals surface area (Å²) in [6.45, 7) is 1.01. The van der Waals surface area contributed by atoms with E-state index in [0.29, 0.717) is 13.2 Å². The molecule has 0 unspecified atom stereocenters. The predicted molar refractivity (Wildman–Crippen MR) is 29.1 cm³/mol. The van der Waals surface area contributed by atoms with E-state index in [2.05, 4.69) is 10.6 Å². The molecule has 0 fully saturated rings. The molecule has 0 aromatic rings. The molecule has 1 rings (SSSR count). The number of rotatable bonds is 1. The second kappa shape index (κ2) is 2.50. The maximum atomic E-state index is 10.1. The van der Waals surface area contributed by atoms with Gasteiger partial charge in [0.25, 0.3) is 0 Å². The molecule has 9 heavy (non-hydrogen) atoms. The van der Waals surface area contributed by atoms with Crippen LogP contribution in [0, 0.1) is 0 Å². The van der Waals surface area contributed by atoms with E-state index < -0.39 is 5.97 Å². The van der Waals surface area contributed by atoms with Crippen molar-refractivity contribution in [2.75, 3.05) is 13.2 Å². The number of carboxylic acids is 1. The first-order valence-electron chi connectivity index (χ1n) is 2.65. The first-order chi connectivity index (χ1) is 4.30. The third kappa shape index (κ3) is 1.43. The van der Waals surface area contributed by atoms with Gasteiger partial charge in [-0.25, -0.2) is 0 Å². The Bertz CT molecular complexity index is 153. The number of hydrogen-bond acceptors (Lipinski definition) is 4. The molecule has 1 heterocycles. The van der Waals surface area contributed by atoms with Crippen LogP contribution in [0.2, 0.25) is 0 Å². The molecule has 2 N–H and O–H groups in total. The number of nitrogens with one attached hydrogen (secondary N) is 2. The second-order valence-electron chi connectivity index (χ2n) is 1.76. The lowest BCUT2D eigenvalue weighted by molar-refractivity contribution is -0.299. The van der Waals surface area contributed by atoms with E-state index in [1.54, 1.807) is 0 Å². The number of carboxylic acid groups (broad SMARTS) is 1. The topological polar surface area (TPSA) is 64.2 Å². The number of hydrogen-bond donors (Lipinski definition) is 2. The molecular formula is C5H7N2O2-. The maximum Gasteiger partial charge on any atom is 0.0702 e. The first kappa shape index (κ1) is 6.10. The van der Waals surface area contributed by atoms with Gasteiger partial charge in [0, 0.05) is 18.3 Å². The lowest BCUT2D eigenvalue weighted by Gasteiger charge is -2.15. The number of aliphatic carboxylic acids is 1. The van der Waals surface area contributed by atoms with Gasteiger partial charge in [0.1, 0.15) is 0 Å². The Morgan fingerprint density at radius 1 is 1.78 bits per heavy atom. The summed E-state index contributed by atoms with van der Waals surface area (Å²) in [6.07, 6.45) is 1.45. The van der Waals surface area contributed by atoms with Crippen molar-refractivity contribution in [2.24, 2.45) is 0 Å². The molecule has 0 bridgehead atoms. The molecule has 1 aliphatic heterocycles. The van der Waals surface area contributed by atoms with Gasteiger partial charge >= 0.3 is 0 Å². The Kier molecular flexibility index (Phi) is 1.69. The second-order valence-corrected chi connectivity index (χ2v) is 1.76. The summed E-state index contributed by atoms with van der Waals surface area (Å²) in [4.78, 5) is 10.1. The largest absolute Gasteiger partial charge is 0.545 e. The van der Waals surface area contributed by atoms with Crippen LogP contribution in [0.4, 0.5) is 0 Å². The van der Waals surface area contributed by atoms with Crippen LogP contribution < -0.4 is 15.7 Å². The zero-order valence-electron chi connectivity index (χ0n) is 4.81. The van der Waals surface area contributed by atoms with Crippen LogP contribution in [-0.4, -0.2) is 19.2 Å². The van der Waals surface area contributed by atoms with Crippen LogP contribution in [0.1, 0.15) is 0 Å². The van der Waals surface area contributed by atoms with Gasteiger partial charge < -0.3 is 15.2 Å². The van der Waals surface area contributed by atoms with Gasteiger partial charge in [0.05, 0.1) is 12.6 Å². The Labute approximate surface area is 52.6 Å². The summed E-state index contributed by atoms with van der Waals surface area (Å²) in [5.74, 6) is -1.12. The fourth-order valence-electron chi connectivity index (χ4n) is 0.626. The van der Waals surface area contributed by atoms with Crippen molar-refractivity contribution in [3.05, 3.63) is 11.8 Å². The van der Waals surface area contributed by atoms with E-state index in [1.807, 2.05) is 0 Å². The van der Waals surface area contributed by atoms with E-state index in [4.69, 9.17) is 0 Å². The van der Waals surface area contributed by atoms with E-state index in [-0.39, 0.29) is 5.57 Å². The highest BCUT2D eigenvalue weighted by Crippen LogP contribution is 1.89. The summed E-state index contributed by atoms with van der Waals surface area (Å²) < 4.78 is 0. The highest BCUT2D eigenvalue weighted by Gasteiger charge is 2.00. The van der Waals surface area contributed by atoms with Crippen LogP contribution in [0.3, 0.4) is 0 Å². The minimum atomic E-state index is -1.12. The van der Waals surface area contributed by atoms with Crippen LogP contribution in [0.15, 0.2) is 11.8 Å². The van der Waals surface area contributed by atoms with Crippen molar-refractivity contribution >= 4 is 5.97 Å². The molecule has 0 spiro atoms. The fraction of sp³-hybridized carbons (Fsp3) is 0.400. The van der Waals surface area contributed by atoms with Gasteiger partial charge in [-0.2, -0.15) is 0 Å². The molecule has 0 saturated carbocycles. The van der Waals surface area contributed by atoms with Gasteiger partial charge in [-0.1, -0.05) is 0 Å². The molecule has 0 aromatic heterocycles. The van der Waals surface area contributed by atoms with Crippen molar-refractivity contribution in [2.45, 2.75) is 0 Å². The predicted octanol–water partition coefficient (Wildman–Crippen LogP) is -2.23. The molecule has 4 nitrogen and oxygen atoms in total. The van der Waals surface area contributed by atoms with Gasteiger partial charge in [-0.3, -0.25) is 5.32 Å². The van der Waals surface area contributed by atoms with Gasteiger partial charge in [0.15, 0.2) is 0 Å². The smallest absolute Gasteiger partial charge is 0.0702 e. The quantitative estimate of drug-likeness (QED) is 0.418. The first-order valence-corrected chi connectivity index (χ1v) is 2.65. The molecule has 0 radical (unpaired) electrons. The molecule has 1 aliphatic rings. The van der Waals surface area contributed by atoms with Crippen LogP contribution >= 0.6 is 0 Å². The van der Waals surface area contributed by atoms with Crippen LogP contribution in [0.5, 0.6) is 0 Å². The van der Waals surface area contributed by atoms with Crippen molar-refractivity contribution < 1.29 is 9.90 Å². The Morgan fingerprint density at radius 3 is 2.89 bits per heavy atom. The average Bonchev–Trinajstić information content (AvgIpc) is 1.90. The molecule has 0 aliphatic carbocycles. The maximum absolute atomic E-state index is 10.1. The van der Waals surface area contributed by atoms with Crippen molar-refractivity contribution in [1.29, 1.82) is 0 Å². The summed E-state index contributed by atoms with van der Waals surface area (Å²) >= 11 is 0. The van der Waals surface area contributed by atoms with E-state index in [0.717, 1.165) is 0 Å². The van der Waals surface area contributed by atoms with E-state index >= 15 is 0 Å². The highest BCUT2D eigenvalue weighted by molar-refractivity contribution is 5.85. The zero-order chi connectivity index (χ0) is 6.69. The molecule has 0 aromatic carbocycles. The lowest BCUT2D eigenvalue weighted by Crippen LogP contribution is -2.39. The summed E-state index contributed by atoms with van der Waals surface area (Å²) in [7, 11) is 0. The standard InChI is InChI=1S/C5H8N2O2/c8-5(9)4-1-6-3-7-2-4/h1,6-7H,2-3H2,(H,8,9)/p-1. The van der Waals surface area contributed by atoms with Crippen LogP contribution in [-0.2, 0) is 4.79 Å². The lowest BCUT2D eigenvalue weighted by atomic mass is 10.3. The molecule has 0 amide bonds. The molecule has 0 saturated heterocycles. The molecule has 50 valence electrons. The molecule has 4 heteroatoms. The zero-order valence-corrected chi connectivity index (χ0v) is 4.81. The minimum Gasteiger partial charge on any atom is -0.545 e. The van der Waals surface area contributed by atoms with E-state index in [9.17, 15) is 9.90 Å². The third-order valence-electron chi connectivity index (χ3n) is 1.08. The third-order valence-corrected chi connectivity index (χ3v) is 1.08. The van der Waals surface area contributed by atoms with Crippen molar-refractivity contribution in [3.63, 3.8) is 0 Å². The Balaban J connectivity index is 2.57. The summed E-state index contributed by atoms with van der Waals surface area (Å²) in [5, 5.41) is 15.6. The van der Waals surface area contributed by atoms with Crippen LogP contribution in [0.25, 0.3) is 0 Å². The van der Waals surface area contributed by atoms with Crippen molar-refractivity contribution in [1.82, 2.24) is 10.6 Å². The Morgan fingerprint density at radius 2 is 2.56 bits per heavy atom. The normalized spacial score (nSPS) is 18.0. The molecular weight excluding hydrogens is 120 g/mol. The van der Waals surface area contributed by atoms with Crippen molar-refractivity contribution in [3.8, 4) is 0 Å². The highest BCUT2D eigenvalue weighted by atomic mass is 16.4. The van der Waals surface area contributed by atoms with Gasteiger partial charge in [-0.05, 0) is 0 Å².